The molecule has 1 unspecified atom stereocenters. The Bertz CT molecular complexity index is 1450. The van der Waals surface area contributed by atoms with Gasteiger partial charge >= 0.3 is 5.69 Å². The summed E-state index contributed by atoms with van der Waals surface area (Å²) in [7, 11) is 0.287. The van der Waals surface area contributed by atoms with E-state index in [1.54, 1.807) is 19.2 Å². The normalized spacial score (nSPS) is 18.7. The van der Waals surface area contributed by atoms with Gasteiger partial charge in [0.25, 0.3) is 5.56 Å². The maximum Gasteiger partial charge on any atom is 0.326 e. The zero-order valence-electron chi connectivity index (χ0n) is 18.8. The number of rotatable bonds is 6. The molecule has 1 atom stereocenters. The van der Waals surface area contributed by atoms with Crippen LogP contribution < -0.4 is 16.0 Å². The number of aromatic amines is 2. The van der Waals surface area contributed by atoms with Gasteiger partial charge in [0, 0.05) is 48.4 Å². The second-order valence-corrected chi connectivity index (χ2v) is 13.5. The number of carbonyl (C=O) groups excluding carboxylic acids is 1. The number of aromatic nitrogens is 4. The summed E-state index contributed by atoms with van der Waals surface area (Å²) >= 11 is 3.69. The van der Waals surface area contributed by atoms with Crippen molar-refractivity contribution in [2.75, 3.05) is 20.7 Å². The molecule has 2 aromatic heterocycles. The number of hydrogen-bond acceptors (Lipinski definition) is 6. The predicted octanol–water partition coefficient (Wildman–Crippen LogP) is 3.17. The third kappa shape index (κ3) is 4.41. The summed E-state index contributed by atoms with van der Waals surface area (Å²) < 4.78 is 34.6. The van der Waals surface area contributed by atoms with Crippen LogP contribution in [0.5, 0.6) is 5.88 Å². The molecule has 0 saturated heterocycles. The van der Waals surface area contributed by atoms with Gasteiger partial charge in [-0.1, -0.05) is 6.07 Å². The minimum atomic E-state index is -2.68. The van der Waals surface area contributed by atoms with Crippen LogP contribution in [-0.2, 0) is 10.5 Å². The minimum absolute atomic E-state index is 0.0272. The molecule has 0 bridgehead atoms. The molecule has 1 aromatic carbocycles. The number of carbonyl (C=O) groups is 1. The van der Waals surface area contributed by atoms with Crippen LogP contribution >= 0.6 is 23.3 Å². The maximum atomic E-state index is 14.7. The van der Waals surface area contributed by atoms with Crippen molar-refractivity contribution in [3.05, 3.63) is 79.6 Å². The second-order valence-electron chi connectivity index (χ2n) is 7.75. The van der Waals surface area contributed by atoms with Crippen LogP contribution in [0.4, 0.5) is 8.78 Å². The van der Waals surface area contributed by atoms with Gasteiger partial charge < -0.3 is 14.6 Å². The van der Waals surface area contributed by atoms with Crippen LogP contribution in [0.25, 0.3) is 10.5 Å². The SMILES string of the molecule is COc1ccc(C2=C(CN(C)C(C)=O)c3c([nH]c(=O)[nH]c3=O)S2(Br)Cc2c(F)cccc2F)nn1. The maximum absolute atomic E-state index is 14.7. The van der Waals surface area contributed by atoms with Crippen LogP contribution in [0.1, 0.15) is 23.7 Å². The van der Waals surface area contributed by atoms with E-state index in [-0.39, 0.29) is 45.9 Å². The molecule has 9 nitrogen and oxygen atoms in total. The lowest BCUT2D eigenvalue weighted by molar-refractivity contribution is -0.126. The number of likely N-dealkylation sites (N-methyl/N-ethyl adjacent to an activating group) is 1. The molecule has 0 fully saturated rings. The van der Waals surface area contributed by atoms with Crippen molar-refractivity contribution in [1.82, 2.24) is 25.1 Å². The zero-order valence-corrected chi connectivity index (χ0v) is 21.2. The number of ether oxygens (including phenoxy) is 1. The first-order valence-electron chi connectivity index (χ1n) is 10.2. The molecule has 0 radical (unpaired) electrons. The molecule has 2 N–H and O–H groups in total. The Morgan fingerprint density at radius 3 is 2.40 bits per heavy atom. The highest BCUT2D eigenvalue weighted by molar-refractivity contribution is 9.59. The molecular weight excluding hydrogens is 548 g/mol. The first kappa shape index (κ1) is 24.8. The number of nitrogens with zero attached hydrogens (tertiary/aromatic N) is 3. The van der Waals surface area contributed by atoms with E-state index in [4.69, 9.17) is 4.74 Å². The van der Waals surface area contributed by atoms with Gasteiger partial charge in [-0.2, -0.15) is 0 Å². The molecule has 0 aliphatic carbocycles. The van der Waals surface area contributed by atoms with Gasteiger partial charge in [0.15, 0.2) is 0 Å². The Morgan fingerprint density at radius 1 is 1.14 bits per heavy atom. The number of halogens is 3. The van der Waals surface area contributed by atoms with Crippen LogP contribution in [0.2, 0.25) is 0 Å². The van der Waals surface area contributed by atoms with E-state index >= 15 is 0 Å². The molecule has 4 rings (SSSR count). The Hall–Kier alpha value is -3.32. The van der Waals surface area contributed by atoms with Crippen LogP contribution in [0.15, 0.2) is 44.9 Å². The Kier molecular flexibility index (Phi) is 6.64. The van der Waals surface area contributed by atoms with E-state index in [1.165, 1.54) is 25.0 Å². The standard InChI is InChI=1S/C22H20BrF2N5O4S/c1-11(31)30(2)9-12-18-20(32)26-22(33)27-21(18)35(23,10-13-14(24)5-4-6-15(13)25)19(12)16-7-8-17(34-3)29-28-16/h4-8H,9-10H2,1-3H3,(H2,26,27,32,33). The summed E-state index contributed by atoms with van der Waals surface area (Å²) in [6.07, 6.45) is 0. The summed E-state index contributed by atoms with van der Waals surface area (Å²) in [6.45, 7) is 1.34. The fourth-order valence-corrected chi connectivity index (χ4v) is 9.23. The molecule has 0 saturated carbocycles. The molecule has 1 aliphatic heterocycles. The topological polar surface area (TPSA) is 121 Å². The quantitative estimate of drug-likeness (QED) is 0.441. The predicted molar refractivity (Wildman–Crippen MR) is 131 cm³/mol. The molecule has 3 aromatic rings. The number of benzene rings is 1. The zero-order chi connectivity index (χ0) is 25.5. The van der Waals surface area contributed by atoms with Crippen molar-refractivity contribution in [2.24, 2.45) is 0 Å². The van der Waals surface area contributed by atoms with Gasteiger partial charge in [0.1, 0.15) is 11.6 Å². The van der Waals surface area contributed by atoms with Gasteiger partial charge in [-0.15, -0.1) is 18.7 Å². The molecule has 1 amide bonds. The van der Waals surface area contributed by atoms with E-state index in [2.05, 4.69) is 35.0 Å². The van der Waals surface area contributed by atoms with E-state index in [0.717, 1.165) is 12.1 Å². The molecule has 13 heteroatoms. The minimum Gasteiger partial charge on any atom is -0.480 e. The van der Waals surface area contributed by atoms with Crippen molar-refractivity contribution in [3.63, 3.8) is 0 Å². The molecule has 184 valence electrons. The molecule has 0 spiro atoms. The highest BCUT2D eigenvalue weighted by atomic mass is 79.9. The lowest BCUT2D eigenvalue weighted by Gasteiger charge is -2.32. The van der Waals surface area contributed by atoms with Crippen LogP contribution in [0.3, 0.4) is 0 Å². The van der Waals surface area contributed by atoms with Crippen molar-refractivity contribution in [2.45, 2.75) is 17.7 Å². The Balaban J connectivity index is 2.06. The van der Waals surface area contributed by atoms with E-state index < -0.39 is 31.3 Å². The summed E-state index contributed by atoms with van der Waals surface area (Å²) in [5, 5.41) is 8.39. The third-order valence-electron chi connectivity index (χ3n) is 5.55. The fourth-order valence-electron chi connectivity index (χ4n) is 3.78. The van der Waals surface area contributed by atoms with Crippen molar-refractivity contribution < 1.29 is 18.3 Å². The highest BCUT2D eigenvalue weighted by Gasteiger charge is 2.45. The number of hydrogen-bond donors (Lipinski definition) is 2. The average Bonchev–Trinajstić information content (AvgIpc) is 3.04. The number of fused-ring (bicyclic) bond motifs is 1. The van der Waals surface area contributed by atoms with Gasteiger partial charge in [-0.05, 0) is 33.0 Å². The lowest BCUT2D eigenvalue weighted by Crippen LogP contribution is -2.30. The van der Waals surface area contributed by atoms with Crippen LogP contribution in [-0.4, -0.2) is 51.7 Å². The summed E-state index contributed by atoms with van der Waals surface area (Å²) in [5.41, 5.74) is -0.936. The monoisotopic (exact) mass is 567 g/mol. The van der Waals surface area contributed by atoms with E-state index in [9.17, 15) is 23.2 Å². The first-order valence-corrected chi connectivity index (χ1v) is 13.8. The van der Waals surface area contributed by atoms with Crippen molar-refractivity contribution >= 4 is 39.7 Å². The lowest BCUT2D eigenvalue weighted by atomic mass is 10.1. The van der Waals surface area contributed by atoms with E-state index in [0.29, 0.717) is 10.5 Å². The van der Waals surface area contributed by atoms with Gasteiger partial charge in [0.05, 0.1) is 23.4 Å². The summed E-state index contributed by atoms with van der Waals surface area (Å²) in [4.78, 5) is 44.0. The number of H-pyrrole nitrogens is 2. The molecule has 1 aliphatic rings. The Labute approximate surface area is 206 Å². The number of nitrogens with one attached hydrogen (secondary N) is 2. The van der Waals surface area contributed by atoms with Crippen LogP contribution in [0, 0.1) is 11.6 Å². The highest BCUT2D eigenvalue weighted by Crippen LogP contribution is 2.78. The third-order valence-corrected chi connectivity index (χ3v) is 10.9. The summed E-state index contributed by atoms with van der Waals surface area (Å²) in [5.74, 6) is -1.84. The Morgan fingerprint density at radius 2 is 1.83 bits per heavy atom. The largest absolute Gasteiger partial charge is 0.480 e. The second kappa shape index (κ2) is 9.38. The van der Waals surface area contributed by atoms with Crippen molar-refractivity contribution in [1.29, 1.82) is 0 Å². The molecular formula is C22H20BrF2N5O4S. The van der Waals surface area contributed by atoms with Gasteiger partial charge in [-0.3, -0.25) is 14.6 Å². The van der Waals surface area contributed by atoms with Gasteiger partial charge in [0.2, 0.25) is 11.8 Å². The number of amides is 1. The van der Waals surface area contributed by atoms with E-state index in [1.807, 2.05) is 0 Å². The molecule has 35 heavy (non-hydrogen) atoms. The smallest absolute Gasteiger partial charge is 0.326 e. The first-order chi connectivity index (χ1) is 16.6. The average molecular weight is 568 g/mol. The fraction of sp³-hybridized carbons (Fsp3) is 0.227. The summed E-state index contributed by atoms with van der Waals surface area (Å²) in [6, 6.07) is 6.65. The molecule has 3 heterocycles. The van der Waals surface area contributed by atoms with Crippen molar-refractivity contribution in [3.8, 4) is 5.88 Å². The van der Waals surface area contributed by atoms with Gasteiger partial charge in [-0.25, -0.2) is 13.6 Å². The number of methoxy groups -OCH3 is 1.